The van der Waals surface area contributed by atoms with Crippen molar-refractivity contribution in [1.29, 1.82) is 0 Å². The van der Waals surface area contributed by atoms with Crippen LogP contribution < -0.4 is 5.32 Å². The minimum absolute atomic E-state index is 0.229. The smallest absolute Gasteiger partial charge is 0.0952 e. The molecule has 1 fully saturated rings. The highest BCUT2D eigenvalue weighted by molar-refractivity contribution is 5.28. The van der Waals surface area contributed by atoms with Gasteiger partial charge in [0.25, 0.3) is 0 Å². The maximum Gasteiger partial charge on any atom is 0.0952 e. The van der Waals surface area contributed by atoms with Gasteiger partial charge in [-0.25, -0.2) is 0 Å². The number of ether oxygens (including phenoxy) is 1. The summed E-state index contributed by atoms with van der Waals surface area (Å²) in [5.41, 5.74) is 2.63. The van der Waals surface area contributed by atoms with Crippen LogP contribution in [-0.2, 0) is 4.74 Å². The van der Waals surface area contributed by atoms with Gasteiger partial charge >= 0.3 is 0 Å². The summed E-state index contributed by atoms with van der Waals surface area (Å²) in [6.07, 6.45) is 0.229. The van der Waals surface area contributed by atoms with Crippen molar-refractivity contribution in [2.75, 3.05) is 13.2 Å². The van der Waals surface area contributed by atoms with Crippen molar-refractivity contribution in [2.24, 2.45) is 0 Å². The van der Waals surface area contributed by atoms with E-state index < -0.39 is 0 Å². The summed E-state index contributed by atoms with van der Waals surface area (Å²) in [7, 11) is 0. The van der Waals surface area contributed by atoms with Crippen LogP contribution in [0.25, 0.3) is 0 Å². The molecule has 2 rings (SSSR count). The molecule has 0 aromatic heterocycles. The summed E-state index contributed by atoms with van der Waals surface area (Å²) in [5, 5.41) is 3.43. The first kappa shape index (κ1) is 9.69. The number of rotatable bonds is 1. The third-order valence-electron chi connectivity index (χ3n) is 2.73. The number of nitrogens with one attached hydrogen (secondary N) is 1. The summed E-state index contributed by atoms with van der Waals surface area (Å²) in [5.74, 6) is 0. The predicted molar refractivity (Wildman–Crippen MR) is 57.3 cm³/mol. The lowest BCUT2D eigenvalue weighted by atomic mass is 10.0. The molecule has 2 atom stereocenters. The van der Waals surface area contributed by atoms with Crippen LogP contribution in [0.2, 0.25) is 0 Å². The third-order valence-corrected chi connectivity index (χ3v) is 2.73. The van der Waals surface area contributed by atoms with E-state index in [4.69, 9.17) is 4.74 Å². The van der Waals surface area contributed by atoms with Crippen molar-refractivity contribution < 1.29 is 4.74 Å². The minimum Gasteiger partial charge on any atom is -0.371 e. The molecule has 2 nitrogen and oxygen atoms in total. The van der Waals surface area contributed by atoms with Crippen LogP contribution in [0.5, 0.6) is 0 Å². The molecular formula is C12H17NO. The van der Waals surface area contributed by atoms with Crippen LogP contribution in [0, 0.1) is 6.92 Å². The largest absolute Gasteiger partial charge is 0.371 e. The van der Waals surface area contributed by atoms with Crippen molar-refractivity contribution in [1.82, 2.24) is 5.32 Å². The molecule has 1 aromatic carbocycles. The quantitative estimate of drug-likeness (QED) is 0.733. The van der Waals surface area contributed by atoms with Crippen LogP contribution in [-0.4, -0.2) is 19.2 Å². The fourth-order valence-corrected chi connectivity index (χ4v) is 1.83. The fourth-order valence-electron chi connectivity index (χ4n) is 1.83. The molecule has 1 aliphatic rings. The lowest BCUT2D eigenvalue weighted by Crippen LogP contribution is -2.40. The molecule has 0 saturated carbocycles. The van der Waals surface area contributed by atoms with Crippen molar-refractivity contribution in [3.63, 3.8) is 0 Å². The highest BCUT2D eigenvalue weighted by Crippen LogP contribution is 2.22. The number of hydrogen-bond acceptors (Lipinski definition) is 2. The van der Waals surface area contributed by atoms with E-state index in [2.05, 4.69) is 43.4 Å². The number of morpholine rings is 1. The lowest BCUT2D eigenvalue weighted by Gasteiger charge is -2.29. The Hall–Kier alpha value is -0.860. The summed E-state index contributed by atoms with van der Waals surface area (Å²) in [6.45, 7) is 6.01. The Labute approximate surface area is 85.3 Å². The van der Waals surface area contributed by atoms with Gasteiger partial charge in [-0.2, -0.15) is 0 Å². The van der Waals surface area contributed by atoms with Gasteiger partial charge in [0.15, 0.2) is 0 Å². The van der Waals surface area contributed by atoms with Crippen molar-refractivity contribution in [2.45, 2.75) is 26.0 Å². The topological polar surface area (TPSA) is 21.3 Å². The monoisotopic (exact) mass is 191 g/mol. The molecule has 1 aromatic rings. The Morgan fingerprint density at radius 1 is 1.36 bits per heavy atom. The molecule has 2 heteroatoms. The molecular weight excluding hydrogens is 174 g/mol. The second-order valence-corrected chi connectivity index (χ2v) is 3.99. The van der Waals surface area contributed by atoms with E-state index in [1.165, 1.54) is 11.1 Å². The van der Waals surface area contributed by atoms with Gasteiger partial charge in [0, 0.05) is 12.6 Å². The summed E-state index contributed by atoms with van der Waals surface area (Å²) in [4.78, 5) is 0. The van der Waals surface area contributed by atoms with E-state index >= 15 is 0 Å². The maximum absolute atomic E-state index is 5.79. The number of hydrogen-bond donors (Lipinski definition) is 1. The fraction of sp³-hybridized carbons (Fsp3) is 0.500. The average molecular weight is 191 g/mol. The van der Waals surface area contributed by atoms with E-state index in [-0.39, 0.29) is 6.10 Å². The van der Waals surface area contributed by atoms with Gasteiger partial charge in [0.05, 0.1) is 12.7 Å². The summed E-state index contributed by atoms with van der Waals surface area (Å²) >= 11 is 0. The van der Waals surface area contributed by atoms with Crippen molar-refractivity contribution >= 4 is 0 Å². The molecule has 14 heavy (non-hydrogen) atoms. The van der Waals surface area contributed by atoms with Crippen molar-refractivity contribution in [3.05, 3.63) is 35.4 Å². The van der Waals surface area contributed by atoms with Crippen LogP contribution >= 0.6 is 0 Å². The molecule has 2 unspecified atom stereocenters. The molecule has 1 aliphatic heterocycles. The second-order valence-electron chi connectivity index (χ2n) is 3.99. The molecule has 0 spiro atoms. The summed E-state index contributed by atoms with van der Waals surface area (Å²) in [6, 6.07) is 8.91. The second kappa shape index (κ2) is 4.11. The Bertz CT molecular complexity index is 303. The summed E-state index contributed by atoms with van der Waals surface area (Å²) < 4.78 is 5.79. The first-order chi connectivity index (χ1) is 6.77. The first-order valence-electron chi connectivity index (χ1n) is 5.18. The zero-order chi connectivity index (χ0) is 9.97. The number of benzene rings is 1. The van der Waals surface area contributed by atoms with Gasteiger partial charge in [-0.3, -0.25) is 0 Å². The predicted octanol–water partition coefficient (Wildman–Crippen LogP) is 2.04. The lowest BCUT2D eigenvalue weighted by molar-refractivity contribution is 0.00661. The van der Waals surface area contributed by atoms with Gasteiger partial charge in [-0.1, -0.05) is 24.3 Å². The Morgan fingerprint density at radius 3 is 2.79 bits per heavy atom. The molecule has 1 heterocycles. The zero-order valence-corrected chi connectivity index (χ0v) is 8.79. The van der Waals surface area contributed by atoms with E-state index in [1.807, 2.05) is 0 Å². The third kappa shape index (κ3) is 1.97. The van der Waals surface area contributed by atoms with Gasteiger partial charge in [-0.15, -0.1) is 0 Å². The standard InChI is InChI=1S/C12H17NO/c1-9-5-3-4-6-11(9)12-7-13-10(2)8-14-12/h3-6,10,12-13H,7-8H2,1-2H3. The molecule has 0 radical (unpaired) electrons. The Balaban J connectivity index is 2.12. The van der Waals surface area contributed by atoms with Crippen LogP contribution in [0.4, 0.5) is 0 Å². The highest BCUT2D eigenvalue weighted by Gasteiger charge is 2.20. The SMILES string of the molecule is Cc1ccccc1C1CNC(C)CO1. The van der Waals surface area contributed by atoms with E-state index in [0.717, 1.165) is 13.2 Å². The van der Waals surface area contributed by atoms with E-state index in [1.54, 1.807) is 0 Å². The van der Waals surface area contributed by atoms with Crippen LogP contribution in [0.3, 0.4) is 0 Å². The molecule has 76 valence electrons. The highest BCUT2D eigenvalue weighted by atomic mass is 16.5. The minimum atomic E-state index is 0.229. The molecule has 0 aliphatic carbocycles. The average Bonchev–Trinajstić information content (AvgIpc) is 2.20. The van der Waals surface area contributed by atoms with E-state index in [0.29, 0.717) is 6.04 Å². The van der Waals surface area contributed by atoms with Crippen molar-refractivity contribution in [3.8, 4) is 0 Å². The van der Waals surface area contributed by atoms with Crippen LogP contribution in [0.15, 0.2) is 24.3 Å². The normalized spacial score (nSPS) is 27.6. The van der Waals surface area contributed by atoms with Gasteiger partial charge < -0.3 is 10.1 Å². The number of aryl methyl sites for hydroxylation is 1. The van der Waals surface area contributed by atoms with Crippen LogP contribution in [0.1, 0.15) is 24.2 Å². The zero-order valence-electron chi connectivity index (χ0n) is 8.79. The first-order valence-corrected chi connectivity index (χ1v) is 5.18. The van der Waals surface area contributed by atoms with E-state index in [9.17, 15) is 0 Å². The maximum atomic E-state index is 5.79. The van der Waals surface area contributed by atoms with Gasteiger partial charge in [0.2, 0.25) is 0 Å². The molecule has 0 amide bonds. The molecule has 1 saturated heterocycles. The Kier molecular flexibility index (Phi) is 2.85. The molecule has 0 bridgehead atoms. The van der Waals surface area contributed by atoms with Gasteiger partial charge in [-0.05, 0) is 25.0 Å². The van der Waals surface area contributed by atoms with Gasteiger partial charge in [0.1, 0.15) is 0 Å². The Morgan fingerprint density at radius 2 is 2.14 bits per heavy atom. The molecule has 1 N–H and O–H groups in total.